The van der Waals surface area contributed by atoms with Crippen molar-refractivity contribution in [2.75, 3.05) is 26.7 Å². The van der Waals surface area contributed by atoms with Crippen molar-refractivity contribution in [3.63, 3.8) is 0 Å². The zero-order valence-corrected chi connectivity index (χ0v) is 25.3. The number of hydrogen-bond donors (Lipinski definition) is 1. The first kappa shape index (κ1) is 35.0. The van der Waals surface area contributed by atoms with E-state index in [0.717, 1.165) is 31.6 Å². The average Bonchev–Trinajstić information content (AvgIpc) is 2.85. The van der Waals surface area contributed by atoms with Crippen molar-refractivity contribution in [1.82, 2.24) is 4.90 Å². The fourth-order valence-corrected chi connectivity index (χ4v) is 5.65. The maximum Gasteiger partial charge on any atom is 0.122 e. The number of nitrogens with two attached hydrogens (primary N) is 1. The summed E-state index contributed by atoms with van der Waals surface area (Å²) in [6.07, 6.45) is 5.52. The van der Waals surface area contributed by atoms with Crippen LogP contribution < -0.4 is 5.73 Å². The third kappa shape index (κ3) is 11.6. The van der Waals surface area contributed by atoms with Gasteiger partial charge in [0.2, 0.25) is 0 Å². The van der Waals surface area contributed by atoms with Gasteiger partial charge in [-0.1, -0.05) is 54.4 Å². The first-order valence-electron chi connectivity index (χ1n) is 14.5. The Balaban J connectivity index is 5.34. The molecule has 212 valence electrons. The first-order chi connectivity index (χ1) is 16.9. The zero-order valence-electron chi connectivity index (χ0n) is 25.3. The Labute approximate surface area is 223 Å². The number of carbonyl (C=O) groups excluding carboxylic acids is 1. The summed E-state index contributed by atoms with van der Waals surface area (Å²) in [7, 11) is 2.20. The van der Waals surface area contributed by atoms with Crippen LogP contribution in [-0.2, 0) is 14.3 Å². The summed E-state index contributed by atoms with van der Waals surface area (Å²) in [5, 5.41) is 10.3. The summed E-state index contributed by atoms with van der Waals surface area (Å²) < 4.78 is 12.3. The van der Waals surface area contributed by atoms with Crippen molar-refractivity contribution in [1.29, 1.82) is 5.26 Å². The molecule has 0 aliphatic rings. The first-order valence-corrected chi connectivity index (χ1v) is 14.5. The molecule has 0 saturated heterocycles. The van der Waals surface area contributed by atoms with Crippen LogP contribution in [-0.4, -0.2) is 62.3 Å². The van der Waals surface area contributed by atoms with Gasteiger partial charge in [-0.2, -0.15) is 5.26 Å². The van der Waals surface area contributed by atoms with Crippen molar-refractivity contribution in [3.8, 4) is 6.07 Å². The van der Waals surface area contributed by atoms with Crippen LogP contribution in [0.1, 0.15) is 101 Å². The SMILES string of the molecule is CCC(CC)[C@H](C)C(C)N(C)C[C@H](C)C[C@@](C)(C#N)[C@@H](CC=O)O[C@@H](CC)CC(C)[C@@H](C)OCCN. The van der Waals surface area contributed by atoms with E-state index in [1.807, 2.05) is 6.92 Å². The Morgan fingerprint density at radius 2 is 1.69 bits per heavy atom. The van der Waals surface area contributed by atoms with E-state index in [2.05, 4.69) is 73.4 Å². The normalized spacial score (nSPS) is 19.7. The molecule has 6 nitrogen and oxygen atoms in total. The molecule has 2 unspecified atom stereocenters. The number of aldehydes is 1. The van der Waals surface area contributed by atoms with Crippen LogP contribution in [0, 0.1) is 40.4 Å². The Morgan fingerprint density at radius 1 is 1.08 bits per heavy atom. The summed E-state index contributed by atoms with van der Waals surface area (Å²) in [4.78, 5) is 14.1. The quantitative estimate of drug-likeness (QED) is 0.189. The van der Waals surface area contributed by atoms with Gasteiger partial charge in [-0.25, -0.2) is 0 Å². The number of nitrogens with zero attached hydrogens (tertiary/aromatic N) is 2. The molecule has 0 rings (SSSR count). The fraction of sp³-hybridized carbons (Fsp3) is 0.933. The molecule has 0 aromatic rings. The minimum Gasteiger partial charge on any atom is -0.377 e. The van der Waals surface area contributed by atoms with Crippen molar-refractivity contribution >= 4 is 6.29 Å². The molecule has 0 aliphatic carbocycles. The van der Waals surface area contributed by atoms with Gasteiger partial charge >= 0.3 is 0 Å². The van der Waals surface area contributed by atoms with Crippen molar-refractivity contribution in [2.24, 2.45) is 34.8 Å². The van der Waals surface area contributed by atoms with E-state index in [9.17, 15) is 10.1 Å². The Hall–Kier alpha value is -1.00. The van der Waals surface area contributed by atoms with Gasteiger partial charge in [0.25, 0.3) is 0 Å². The number of carbonyl (C=O) groups is 1. The minimum atomic E-state index is -0.732. The van der Waals surface area contributed by atoms with E-state index in [0.29, 0.717) is 37.5 Å². The monoisotopic (exact) mass is 509 g/mol. The summed E-state index contributed by atoms with van der Waals surface area (Å²) in [5.74, 6) is 1.94. The van der Waals surface area contributed by atoms with E-state index in [4.69, 9.17) is 15.2 Å². The van der Waals surface area contributed by atoms with Gasteiger partial charge in [0.15, 0.2) is 0 Å². The van der Waals surface area contributed by atoms with Crippen LogP contribution >= 0.6 is 0 Å². The second-order valence-electron chi connectivity index (χ2n) is 11.6. The lowest BCUT2D eigenvalue weighted by Crippen LogP contribution is -2.43. The van der Waals surface area contributed by atoms with Gasteiger partial charge in [0, 0.05) is 25.6 Å². The van der Waals surface area contributed by atoms with E-state index in [1.54, 1.807) is 0 Å². The molecular formula is C30H59N3O3. The summed E-state index contributed by atoms with van der Waals surface area (Å²) >= 11 is 0. The van der Waals surface area contributed by atoms with Crippen LogP contribution in [0.15, 0.2) is 0 Å². The molecule has 6 heteroatoms. The van der Waals surface area contributed by atoms with Crippen LogP contribution in [0.5, 0.6) is 0 Å². The van der Waals surface area contributed by atoms with Gasteiger partial charge in [0.1, 0.15) is 6.29 Å². The van der Waals surface area contributed by atoms with Crippen LogP contribution in [0.2, 0.25) is 0 Å². The second-order valence-corrected chi connectivity index (χ2v) is 11.6. The van der Waals surface area contributed by atoms with Gasteiger partial charge in [-0.05, 0) is 70.8 Å². The molecule has 8 atom stereocenters. The Bertz CT molecular complexity index is 621. The molecule has 0 amide bonds. The molecule has 0 saturated carbocycles. The summed E-state index contributed by atoms with van der Waals surface area (Å²) in [6.45, 7) is 21.7. The summed E-state index contributed by atoms with van der Waals surface area (Å²) in [5.41, 5.74) is 4.84. The van der Waals surface area contributed by atoms with E-state index < -0.39 is 11.5 Å². The largest absolute Gasteiger partial charge is 0.377 e. The maximum atomic E-state index is 11.6. The molecule has 0 aliphatic heterocycles. The number of hydrogen-bond acceptors (Lipinski definition) is 6. The standard InChI is InChI=1S/C30H59N3O3/c1-11-27(12-2)24(6)25(7)33(10)20-22(4)19-30(9,21-32)29(14-16-34)36-28(13-3)18-23(5)26(8)35-17-15-31/h16,22-29H,11-15,17-20,31H2,1-10H3/t22-,23?,24-,25?,26-,28+,29-,30+/m1/s1. The van der Waals surface area contributed by atoms with E-state index in [1.165, 1.54) is 12.8 Å². The van der Waals surface area contributed by atoms with Gasteiger partial charge in [-0.3, -0.25) is 0 Å². The topological polar surface area (TPSA) is 88.6 Å². The van der Waals surface area contributed by atoms with Crippen LogP contribution in [0.4, 0.5) is 0 Å². The van der Waals surface area contributed by atoms with Crippen molar-refractivity contribution < 1.29 is 14.3 Å². The van der Waals surface area contributed by atoms with Crippen molar-refractivity contribution in [2.45, 2.75) is 125 Å². The molecule has 0 aromatic carbocycles. The predicted octanol–water partition coefficient (Wildman–Crippen LogP) is 6.08. The molecule has 36 heavy (non-hydrogen) atoms. The van der Waals surface area contributed by atoms with E-state index in [-0.39, 0.29) is 24.5 Å². The third-order valence-corrected chi connectivity index (χ3v) is 8.64. The molecular weight excluding hydrogens is 450 g/mol. The fourth-order valence-electron chi connectivity index (χ4n) is 5.65. The number of rotatable bonds is 21. The van der Waals surface area contributed by atoms with E-state index >= 15 is 0 Å². The highest BCUT2D eigenvalue weighted by Crippen LogP contribution is 2.36. The van der Waals surface area contributed by atoms with Crippen molar-refractivity contribution in [3.05, 3.63) is 0 Å². The Kier molecular flexibility index (Phi) is 17.8. The number of ether oxygens (including phenoxy) is 2. The van der Waals surface area contributed by atoms with Gasteiger partial charge < -0.3 is 24.9 Å². The third-order valence-electron chi connectivity index (χ3n) is 8.64. The molecule has 0 heterocycles. The highest BCUT2D eigenvalue weighted by molar-refractivity contribution is 5.50. The second kappa shape index (κ2) is 18.3. The van der Waals surface area contributed by atoms with Crippen LogP contribution in [0.3, 0.4) is 0 Å². The summed E-state index contributed by atoms with van der Waals surface area (Å²) in [6, 6.07) is 3.02. The van der Waals surface area contributed by atoms with Gasteiger partial charge in [0.05, 0.1) is 36.4 Å². The minimum absolute atomic E-state index is 0.0274. The molecule has 0 aromatic heterocycles. The molecule has 0 bridgehead atoms. The van der Waals surface area contributed by atoms with Gasteiger partial charge in [-0.15, -0.1) is 0 Å². The van der Waals surface area contributed by atoms with Crippen LogP contribution in [0.25, 0.3) is 0 Å². The Morgan fingerprint density at radius 3 is 2.17 bits per heavy atom. The lowest BCUT2D eigenvalue weighted by atomic mass is 9.76. The average molecular weight is 510 g/mol. The maximum absolute atomic E-state index is 11.6. The lowest BCUT2D eigenvalue weighted by molar-refractivity contribution is -0.118. The smallest absolute Gasteiger partial charge is 0.122 e. The highest BCUT2D eigenvalue weighted by atomic mass is 16.5. The predicted molar refractivity (Wildman–Crippen MR) is 151 cm³/mol. The molecule has 0 fully saturated rings. The molecule has 2 N–H and O–H groups in total. The highest BCUT2D eigenvalue weighted by Gasteiger charge is 2.38. The number of nitriles is 1. The molecule has 0 radical (unpaired) electrons. The molecule has 0 spiro atoms. The lowest BCUT2D eigenvalue weighted by Gasteiger charge is -2.39. The zero-order chi connectivity index (χ0) is 27.9.